The molecule has 2 N–H and O–H groups in total. The number of amides is 1. The average molecular weight is 246 g/mol. The van der Waals surface area contributed by atoms with Crippen molar-refractivity contribution in [2.75, 3.05) is 34.5 Å². The lowest BCUT2D eigenvalue weighted by atomic mass is 10.0. The quantitative estimate of drug-likeness (QED) is 0.609. The molecule has 3 unspecified atom stereocenters. The summed E-state index contributed by atoms with van der Waals surface area (Å²) in [6.45, 7) is 2.87. The molecule has 1 aliphatic heterocycles. The van der Waals surface area contributed by atoms with Crippen LogP contribution in [0.25, 0.3) is 0 Å². The molecule has 0 saturated carbocycles. The number of hydrogen-bond donors (Lipinski definition) is 2. The number of carbonyl (C=O) groups excluding carboxylic acids is 1. The van der Waals surface area contributed by atoms with Crippen molar-refractivity contribution in [1.29, 1.82) is 0 Å². The Bertz CT molecular complexity index is 246. The summed E-state index contributed by atoms with van der Waals surface area (Å²) < 4.78 is 15.5. The molecule has 3 atom stereocenters. The smallest absolute Gasteiger partial charge is 0.227 e. The second kappa shape index (κ2) is 6.90. The maximum absolute atomic E-state index is 12.0. The van der Waals surface area contributed by atoms with E-state index in [4.69, 9.17) is 14.2 Å². The topological polar surface area (TPSA) is 68.8 Å². The summed E-state index contributed by atoms with van der Waals surface area (Å²) in [5.41, 5.74) is 0. The molecule has 6 nitrogen and oxygen atoms in total. The predicted molar refractivity (Wildman–Crippen MR) is 62.6 cm³/mol. The molecular weight excluding hydrogens is 224 g/mol. The molecule has 1 fully saturated rings. The van der Waals surface area contributed by atoms with Crippen molar-refractivity contribution < 1.29 is 19.0 Å². The summed E-state index contributed by atoms with van der Waals surface area (Å²) >= 11 is 0. The molecule has 0 spiro atoms. The van der Waals surface area contributed by atoms with E-state index in [1.807, 2.05) is 14.0 Å². The van der Waals surface area contributed by atoms with Crippen molar-refractivity contribution in [3.63, 3.8) is 0 Å². The summed E-state index contributed by atoms with van der Waals surface area (Å²) in [6, 6.07) is -0.124. The fourth-order valence-electron chi connectivity index (χ4n) is 2.00. The zero-order valence-corrected chi connectivity index (χ0v) is 10.9. The van der Waals surface area contributed by atoms with Crippen LogP contribution >= 0.6 is 0 Å². The molecular formula is C11H22N2O4. The van der Waals surface area contributed by atoms with Gasteiger partial charge in [-0.05, 0) is 14.0 Å². The van der Waals surface area contributed by atoms with Crippen molar-refractivity contribution in [1.82, 2.24) is 10.6 Å². The highest BCUT2D eigenvalue weighted by Gasteiger charge is 2.34. The van der Waals surface area contributed by atoms with E-state index >= 15 is 0 Å². The van der Waals surface area contributed by atoms with Gasteiger partial charge in [0.05, 0.1) is 25.2 Å². The number of likely N-dealkylation sites (N-methyl/N-ethyl adjacent to an activating group) is 1. The Balaban J connectivity index is 2.48. The van der Waals surface area contributed by atoms with Crippen LogP contribution in [0.4, 0.5) is 0 Å². The predicted octanol–water partition coefficient (Wildman–Crippen LogP) is -0.656. The molecule has 1 aliphatic rings. The Morgan fingerprint density at radius 1 is 1.35 bits per heavy atom. The first kappa shape index (κ1) is 14.4. The minimum Gasteiger partial charge on any atom is -0.379 e. The first-order valence-electron chi connectivity index (χ1n) is 5.75. The normalized spacial score (nSPS) is 26.2. The summed E-state index contributed by atoms with van der Waals surface area (Å²) in [4.78, 5) is 12.0. The molecule has 17 heavy (non-hydrogen) atoms. The average Bonchev–Trinajstić information content (AvgIpc) is 2.78. The molecule has 0 aromatic rings. The lowest BCUT2D eigenvalue weighted by molar-refractivity contribution is -0.138. The highest BCUT2D eigenvalue weighted by Crippen LogP contribution is 2.14. The molecule has 6 heteroatoms. The van der Waals surface area contributed by atoms with Crippen LogP contribution in [0.2, 0.25) is 0 Å². The number of nitrogens with one attached hydrogen (secondary N) is 2. The fraction of sp³-hybridized carbons (Fsp3) is 0.909. The van der Waals surface area contributed by atoms with Gasteiger partial charge in [-0.1, -0.05) is 0 Å². The molecule has 0 bridgehead atoms. The largest absolute Gasteiger partial charge is 0.379 e. The van der Waals surface area contributed by atoms with Gasteiger partial charge in [-0.2, -0.15) is 0 Å². The van der Waals surface area contributed by atoms with E-state index in [-0.39, 0.29) is 23.9 Å². The molecule has 0 radical (unpaired) electrons. The maximum Gasteiger partial charge on any atom is 0.227 e. The number of rotatable bonds is 6. The van der Waals surface area contributed by atoms with Crippen LogP contribution in [-0.2, 0) is 19.0 Å². The zero-order valence-electron chi connectivity index (χ0n) is 10.9. The van der Waals surface area contributed by atoms with E-state index < -0.39 is 6.29 Å². The van der Waals surface area contributed by atoms with Crippen molar-refractivity contribution in [3.05, 3.63) is 0 Å². The molecule has 1 saturated heterocycles. The number of methoxy groups -OCH3 is 2. The van der Waals surface area contributed by atoms with Crippen LogP contribution < -0.4 is 10.6 Å². The molecule has 1 heterocycles. The van der Waals surface area contributed by atoms with E-state index in [2.05, 4.69) is 10.6 Å². The summed E-state index contributed by atoms with van der Waals surface area (Å²) in [7, 11) is 4.92. The van der Waals surface area contributed by atoms with Gasteiger partial charge in [-0.25, -0.2) is 0 Å². The van der Waals surface area contributed by atoms with Gasteiger partial charge < -0.3 is 24.8 Å². The van der Waals surface area contributed by atoms with Gasteiger partial charge in [-0.3, -0.25) is 4.79 Å². The molecule has 0 aromatic carbocycles. The van der Waals surface area contributed by atoms with Crippen LogP contribution in [0.15, 0.2) is 0 Å². The molecule has 0 aliphatic carbocycles. The van der Waals surface area contributed by atoms with Gasteiger partial charge in [-0.15, -0.1) is 0 Å². The highest BCUT2D eigenvalue weighted by atomic mass is 16.7. The van der Waals surface area contributed by atoms with Gasteiger partial charge in [0.1, 0.15) is 0 Å². The van der Waals surface area contributed by atoms with Crippen LogP contribution in [0.5, 0.6) is 0 Å². The Hall–Kier alpha value is -0.690. The van der Waals surface area contributed by atoms with E-state index in [1.54, 1.807) is 14.2 Å². The van der Waals surface area contributed by atoms with Crippen molar-refractivity contribution in [2.45, 2.75) is 25.3 Å². The standard InChI is InChI=1S/C11H22N2O4/c1-7(11(15-3)16-4)13-10(14)8-5-17-6-9(8)12-2/h7-9,11-12H,5-6H2,1-4H3,(H,13,14). The van der Waals surface area contributed by atoms with E-state index in [0.717, 1.165) is 0 Å². The molecule has 100 valence electrons. The second-order valence-corrected chi connectivity index (χ2v) is 4.18. The third-order valence-electron chi connectivity index (χ3n) is 3.03. The SMILES string of the molecule is CNC1COCC1C(=O)NC(C)C(OC)OC. The fourth-order valence-corrected chi connectivity index (χ4v) is 2.00. The monoisotopic (exact) mass is 246 g/mol. The Morgan fingerprint density at radius 2 is 2.00 bits per heavy atom. The number of ether oxygens (including phenoxy) is 3. The van der Waals surface area contributed by atoms with Gasteiger partial charge in [0.15, 0.2) is 6.29 Å². The first-order chi connectivity index (χ1) is 8.13. The minimum absolute atomic E-state index is 0.0338. The van der Waals surface area contributed by atoms with E-state index in [1.165, 1.54) is 0 Å². The Morgan fingerprint density at radius 3 is 2.53 bits per heavy atom. The Labute approximate surface area is 102 Å². The third-order valence-corrected chi connectivity index (χ3v) is 3.03. The molecule has 1 amide bonds. The maximum atomic E-state index is 12.0. The van der Waals surface area contributed by atoms with E-state index in [9.17, 15) is 4.79 Å². The number of hydrogen-bond acceptors (Lipinski definition) is 5. The third kappa shape index (κ3) is 3.64. The summed E-state index contributed by atoms with van der Waals surface area (Å²) in [6.07, 6.45) is -0.436. The summed E-state index contributed by atoms with van der Waals surface area (Å²) in [5, 5.41) is 5.96. The summed E-state index contributed by atoms with van der Waals surface area (Å²) in [5.74, 6) is -0.190. The lowest BCUT2D eigenvalue weighted by Gasteiger charge is -2.24. The number of carbonyl (C=O) groups is 1. The minimum atomic E-state index is -0.436. The van der Waals surface area contributed by atoms with Crippen LogP contribution in [-0.4, -0.2) is 58.8 Å². The van der Waals surface area contributed by atoms with Crippen LogP contribution in [0.1, 0.15) is 6.92 Å². The highest BCUT2D eigenvalue weighted by molar-refractivity contribution is 5.80. The van der Waals surface area contributed by atoms with Gasteiger partial charge in [0, 0.05) is 20.3 Å². The van der Waals surface area contributed by atoms with Crippen LogP contribution in [0, 0.1) is 5.92 Å². The zero-order chi connectivity index (χ0) is 12.8. The lowest BCUT2D eigenvalue weighted by Crippen LogP contribution is -2.49. The van der Waals surface area contributed by atoms with Crippen LogP contribution in [0.3, 0.4) is 0 Å². The second-order valence-electron chi connectivity index (χ2n) is 4.18. The van der Waals surface area contributed by atoms with Crippen molar-refractivity contribution in [2.24, 2.45) is 5.92 Å². The van der Waals surface area contributed by atoms with Gasteiger partial charge >= 0.3 is 0 Å². The van der Waals surface area contributed by atoms with Crippen molar-refractivity contribution >= 4 is 5.91 Å². The first-order valence-corrected chi connectivity index (χ1v) is 5.75. The molecule has 0 aromatic heterocycles. The van der Waals surface area contributed by atoms with Crippen molar-refractivity contribution in [3.8, 4) is 0 Å². The molecule has 1 rings (SSSR count). The Kier molecular flexibility index (Phi) is 5.84. The van der Waals surface area contributed by atoms with E-state index in [0.29, 0.717) is 13.2 Å². The van der Waals surface area contributed by atoms with Gasteiger partial charge in [0.25, 0.3) is 0 Å². The van der Waals surface area contributed by atoms with Gasteiger partial charge in [0.2, 0.25) is 5.91 Å².